The van der Waals surface area contributed by atoms with E-state index in [1.165, 1.54) is 23.5 Å². The number of rotatable bonds is 11. The van der Waals surface area contributed by atoms with Gasteiger partial charge >= 0.3 is 0 Å². The van der Waals surface area contributed by atoms with Gasteiger partial charge in [0.25, 0.3) is 5.91 Å². The van der Waals surface area contributed by atoms with Crippen LogP contribution in [0, 0.1) is 5.82 Å². The van der Waals surface area contributed by atoms with Crippen LogP contribution in [0.15, 0.2) is 42.5 Å². The summed E-state index contributed by atoms with van der Waals surface area (Å²) in [5.41, 5.74) is 1.25. The zero-order valence-electron chi connectivity index (χ0n) is 18.8. The Morgan fingerprint density at radius 2 is 1.88 bits per heavy atom. The number of halogens is 2. The molecule has 0 atom stereocenters. The second-order valence-corrected chi connectivity index (χ2v) is 8.33. The van der Waals surface area contributed by atoms with Crippen molar-refractivity contribution < 1.29 is 13.9 Å². The molecule has 32 heavy (non-hydrogen) atoms. The van der Waals surface area contributed by atoms with Crippen LogP contribution in [0.1, 0.15) is 44.0 Å². The van der Waals surface area contributed by atoms with E-state index in [0.717, 1.165) is 37.2 Å². The molecule has 5 nitrogen and oxygen atoms in total. The second kappa shape index (κ2) is 12.7. The van der Waals surface area contributed by atoms with Crippen LogP contribution in [0.5, 0.6) is 5.75 Å². The number of hydrogen-bond acceptors (Lipinski definition) is 5. The van der Waals surface area contributed by atoms with E-state index in [0.29, 0.717) is 35.1 Å². The lowest BCUT2D eigenvalue weighted by Gasteiger charge is -2.25. The lowest BCUT2D eigenvalue weighted by molar-refractivity contribution is 0.0983. The van der Waals surface area contributed by atoms with Gasteiger partial charge in [-0.15, -0.1) is 12.4 Å². The molecule has 0 fully saturated rings. The first-order valence-electron chi connectivity index (χ1n) is 10.9. The zero-order chi connectivity index (χ0) is 22.2. The van der Waals surface area contributed by atoms with Crippen LogP contribution < -0.4 is 9.64 Å². The van der Waals surface area contributed by atoms with Gasteiger partial charge in [0.2, 0.25) is 0 Å². The molecular formula is C24H31ClFN3O2S. The maximum absolute atomic E-state index is 13.7. The molecule has 2 aromatic carbocycles. The van der Waals surface area contributed by atoms with Gasteiger partial charge in [0.15, 0.2) is 5.13 Å². The highest BCUT2D eigenvalue weighted by atomic mass is 35.5. The Morgan fingerprint density at radius 1 is 1.09 bits per heavy atom. The third-order valence-corrected chi connectivity index (χ3v) is 6.24. The van der Waals surface area contributed by atoms with Crippen molar-refractivity contribution in [2.24, 2.45) is 0 Å². The third-order valence-electron chi connectivity index (χ3n) is 5.20. The van der Waals surface area contributed by atoms with E-state index in [4.69, 9.17) is 4.74 Å². The molecule has 0 saturated heterocycles. The third kappa shape index (κ3) is 6.64. The number of ether oxygens (including phenoxy) is 1. The Labute approximate surface area is 199 Å². The maximum Gasteiger partial charge on any atom is 0.260 e. The normalized spacial score (nSPS) is 10.9. The highest BCUT2D eigenvalue weighted by Gasteiger charge is 2.22. The Kier molecular flexibility index (Phi) is 10.4. The number of benzene rings is 2. The maximum atomic E-state index is 13.7. The summed E-state index contributed by atoms with van der Waals surface area (Å²) in [4.78, 5) is 22.1. The van der Waals surface area contributed by atoms with Crippen molar-refractivity contribution in [3.63, 3.8) is 0 Å². The van der Waals surface area contributed by atoms with Gasteiger partial charge in [0.1, 0.15) is 11.6 Å². The Balaban J connectivity index is 0.00000363. The van der Waals surface area contributed by atoms with Gasteiger partial charge in [0, 0.05) is 18.7 Å². The van der Waals surface area contributed by atoms with Crippen LogP contribution in [0.25, 0.3) is 10.2 Å². The van der Waals surface area contributed by atoms with Crippen LogP contribution in [0.2, 0.25) is 0 Å². The van der Waals surface area contributed by atoms with Crippen molar-refractivity contribution in [2.75, 3.05) is 37.7 Å². The van der Waals surface area contributed by atoms with E-state index in [-0.39, 0.29) is 24.1 Å². The molecule has 0 aliphatic carbocycles. The topological polar surface area (TPSA) is 45.7 Å². The molecule has 1 amide bonds. The molecule has 3 aromatic rings. The van der Waals surface area contributed by atoms with Gasteiger partial charge in [-0.3, -0.25) is 9.69 Å². The lowest BCUT2D eigenvalue weighted by Crippen LogP contribution is -2.38. The van der Waals surface area contributed by atoms with Crippen molar-refractivity contribution >= 4 is 45.0 Å². The molecule has 3 rings (SSSR count). The molecule has 0 bridgehead atoms. The van der Waals surface area contributed by atoms with Crippen molar-refractivity contribution in [1.29, 1.82) is 0 Å². The standard InChI is InChI=1S/C24H30FN3O2S.ClH/c1-4-7-15-30-20-10-8-9-18(16-20)23(29)28(14-13-27(5-2)6-3)24-26-21-12-11-19(25)17-22(21)31-24;/h8-12,16-17H,4-7,13-15H2,1-3H3;1H. The number of anilines is 1. The number of fused-ring (bicyclic) bond motifs is 1. The number of likely N-dealkylation sites (N-methyl/N-ethyl adjacent to an activating group) is 1. The highest BCUT2D eigenvalue weighted by molar-refractivity contribution is 7.22. The van der Waals surface area contributed by atoms with Crippen molar-refractivity contribution in [3.8, 4) is 5.75 Å². The SMILES string of the molecule is CCCCOc1cccc(C(=O)N(CCN(CC)CC)c2nc3ccc(F)cc3s2)c1.Cl. The van der Waals surface area contributed by atoms with E-state index < -0.39 is 0 Å². The minimum absolute atomic E-state index is 0. The number of unbranched alkanes of at least 4 members (excludes halogenated alkanes) is 1. The van der Waals surface area contributed by atoms with Gasteiger partial charge < -0.3 is 9.64 Å². The summed E-state index contributed by atoms with van der Waals surface area (Å²) in [5, 5.41) is 0.579. The number of aromatic nitrogens is 1. The average molecular weight is 480 g/mol. The summed E-state index contributed by atoms with van der Waals surface area (Å²) in [6, 6.07) is 11.8. The van der Waals surface area contributed by atoms with Gasteiger partial charge in [-0.2, -0.15) is 0 Å². The molecule has 1 aromatic heterocycles. The Bertz CT molecular complexity index is 1010. The molecule has 0 N–H and O–H groups in total. The fraction of sp³-hybridized carbons (Fsp3) is 0.417. The van der Waals surface area contributed by atoms with Gasteiger partial charge in [-0.1, -0.05) is 44.6 Å². The van der Waals surface area contributed by atoms with Crippen LogP contribution in [0.3, 0.4) is 0 Å². The smallest absolute Gasteiger partial charge is 0.260 e. The summed E-state index contributed by atoms with van der Waals surface area (Å²) in [6.07, 6.45) is 2.02. The molecule has 8 heteroatoms. The Hall–Kier alpha value is -2.22. The van der Waals surface area contributed by atoms with Gasteiger partial charge in [-0.05, 0) is 55.9 Å². The fourth-order valence-electron chi connectivity index (χ4n) is 3.28. The number of thiazole rings is 1. The first-order valence-corrected chi connectivity index (χ1v) is 11.7. The zero-order valence-corrected chi connectivity index (χ0v) is 20.5. The van der Waals surface area contributed by atoms with Crippen molar-refractivity contribution in [2.45, 2.75) is 33.6 Å². The highest BCUT2D eigenvalue weighted by Crippen LogP contribution is 2.30. The summed E-state index contributed by atoms with van der Waals surface area (Å²) >= 11 is 1.33. The summed E-state index contributed by atoms with van der Waals surface area (Å²) in [5.74, 6) is 0.252. The van der Waals surface area contributed by atoms with Crippen molar-refractivity contribution in [1.82, 2.24) is 9.88 Å². The number of hydrogen-bond donors (Lipinski definition) is 0. The van der Waals surface area contributed by atoms with E-state index >= 15 is 0 Å². The molecule has 0 saturated carbocycles. The second-order valence-electron chi connectivity index (χ2n) is 7.32. The van der Waals surface area contributed by atoms with Crippen LogP contribution >= 0.6 is 23.7 Å². The van der Waals surface area contributed by atoms with Crippen molar-refractivity contribution in [3.05, 3.63) is 53.8 Å². The van der Waals surface area contributed by atoms with E-state index in [1.807, 2.05) is 12.1 Å². The van der Waals surface area contributed by atoms with E-state index in [1.54, 1.807) is 23.1 Å². The molecule has 174 valence electrons. The molecule has 0 radical (unpaired) electrons. The molecule has 0 unspecified atom stereocenters. The van der Waals surface area contributed by atoms with Gasteiger partial charge in [-0.25, -0.2) is 9.37 Å². The first-order chi connectivity index (χ1) is 15.0. The first kappa shape index (κ1) is 26.0. The molecular weight excluding hydrogens is 449 g/mol. The predicted molar refractivity (Wildman–Crippen MR) is 133 cm³/mol. The van der Waals surface area contributed by atoms with E-state index in [9.17, 15) is 9.18 Å². The number of amides is 1. The number of carbonyl (C=O) groups is 1. The molecule has 0 spiro atoms. The lowest BCUT2D eigenvalue weighted by atomic mass is 10.2. The quantitative estimate of drug-likeness (QED) is 0.315. The summed E-state index contributed by atoms with van der Waals surface area (Å²) in [7, 11) is 0. The average Bonchev–Trinajstić information content (AvgIpc) is 3.19. The van der Waals surface area contributed by atoms with Crippen LogP contribution in [0.4, 0.5) is 9.52 Å². The summed E-state index contributed by atoms with van der Waals surface area (Å²) < 4.78 is 20.2. The summed E-state index contributed by atoms with van der Waals surface area (Å²) in [6.45, 7) is 10.00. The minimum atomic E-state index is -0.305. The van der Waals surface area contributed by atoms with Gasteiger partial charge in [0.05, 0.1) is 16.8 Å². The van der Waals surface area contributed by atoms with Crippen LogP contribution in [-0.4, -0.2) is 48.6 Å². The monoisotopic (exact) mass is 479 g/mol. The minimum Gasteiger partial charge on any atom is -0.494 e. The predicted octanol–water partition coefficient (Wildman–Crippen LogP) is 6.02. The Morgan fingerprint density at radius 3 is 2.59 bits per heavy atom. The molecule has 0 aliphatic rings. The molecule has 0 aliphatic heterocycles. The fourth-order valence-corrected chi connectivity index (χ4v) is 4.29. The molecule has 1 heterocycles. The number of carbonyl (C=O) groups excluding carboxylic acids is 1. The van der Waals surface area contributed by atoms with Crippen LogP contribution in [-0.2, 0) is 0 Å². The van der Waals surface area contributed by atoms with E-state index in [2.05, 4.69) is 30.7 Å². The number of nitrogens with zero attached hydrogens (tertiary/aromatic N) is 3. The largest absolute Gasteiger partial charge is 0.494 e.